The zero-order valence-electron chi connectivity index (χ0n) is 15.9. The number of benzene rings is 2. The molecule has 0 aliphatic heterocycles. The van der Waals surface area contributed by atoms with E-state index < -0.39 is 0 Å². The van der Waals surface area contributed by atoms with Crippen LogP contribution in [0.2, 0.25) is 0 Å². The van der Waals surface area contributed by atoms with Gasteiger partial charge in [-0.2, -0.15) is 0 Å². The Morgan fingerprint density at radius 1 is 1.07 bits per heavy atom. The molecule has 0 unspecified atom stereocenters. The molecule has 1 amide bonds. The molecule has 0 fully saturated rings. The summed E-state index contributed by atoms with van der Waals surface area (Å²) in [4.78, 5) is 17.4. The number of para-hydroxylation sites is 3. The summed E-state index contributed by atoms with van der Waals surface area (Å²) in [6, 6.07) is 17.0. The molecule has 1 N–H and O–H groups in total. The zero-order chi connectivity index (χ0) is 19.2. The molecule has 1 heterocycles. The van der Waals surface area contributed by atoms with Crippen molar-refractivity contribution in [3.63, 3.8) is 0 Å². The van der Waals surface area contributed by atoms with Gasteiger partial charge in [0.1, 0.15) is 6.61 Å². The highest BCUT2D eigenvalue weighted by Gasteiger charge is 2.14. The Morgan fingerprint density at radius 2 is 1.78 bits per heavy atom. The van der Waals surface area contributed by atoms with Gasteiger partial charge in [-0.15, -0.1) is 0 Å². The predicted molar refractivity (Wildman–Crippen MR) is 107 cm³/mol. The van der Waals surface area contributed by atoms with Gasteiger partial charge in [0.05, 0.1) is 24.7 Å². The van der Waals surface area contributed by atoms with Crippen LogP contribution in [0.1, 0.15) is 35.8 Å². The number of rotatable bonds is 7. The third-order valence-corrected chi connectivity index (χ3v) is 4.29. The van der Waals surface area contributed by atoms with Crippen LogP contribution in [0, 0.1) is 0 Å². The molecular formula is C22H24N2O3. The van der Waals surface area contributed by atoms with Gasteiger partial charge < -0.3 is 14.8 Å². The second-order valence-electron chi connectivity index (χ2n) is 6.52. The van der Waals surface area contributed by atoms with Crippen molar-refractivity contribution in [1.82, 2.24) is 10.3 Å². The Bertz CT molecular complexity index is 938. The van der Waals surface area contributed by atoms with E-state index in [0.29, 0.717) is 30.2 Å². The summed E-state index contributed by atoms with van der Waals surface area (Å²) in [7, 11) is 1.60. The van der Waals surface area contributed by atoms with E-state index in [9.17, 15) is 4.79 Å². The number of hydrogen-bond donors (Lipinski definition) is 1. The molecule has 0 aliphatic rings. The number of aromatic nitrogens is 1. The van der Waals surface area contributed by atoms with Crippen LogP contribution in [0.25, 0.3) is 10.9 Å². The molecule has 5 nitrogen and oxygen atoms in total. The summed E-state index contributed by atoms with van der Waals surface area (Å²) in [6.45, 7) is 4.89. The van der Waals surface area contributed by atoms with E-state index in [1.165, 1.54) is 0 Å². The lowest BCUT2D eigenvalue weighted by molar-refractivity contribution is 0.0948. The van der Waals surface area contributed by atoms with Crippen LogP contribution in [0.5, 0.6) is 11.5 Å². The van der Waals surface area contributed by atoms with Crippen molar-refractivity contribution in [3.05, 3.63) is 65.9 Å². The van der Waals surface area contributed by atoms with Crippen molar-refractivity contribution in [2.24, 2.45) is 0 Å². The van der Waals surface area contributed by atoms with Crippen molar-refractivity contribution >= 4 is 16.8 Å². The van der Waals surface area contributed by atoms with E-state index in [1.54, 1.807) is 7.11 Å². The molecule has 27 heavy (non-hydrogen) atoms. The summed E-state index contributed by atoms with van der Waals surface area (Å²) < 4.78 is 11.0. The van der Waals surface area contributed by atoms with Crippen LogP contribution in [0.4, 0.5) is 0 Å². The first kappa shape index (κ1) is 18.7. The minimum absolute atomic E-state index is 0.126. The number of fused-ring (bicyclic) bond motifs is 1. The van der Waals surface area contributed by atoms with E-state index >= 15 is 0 Å². The lowest BCUT2D eigenvalue weighted by Gasteiger charge is -2.13. The lowest BCUT2D eigenvalue weighted by Crippen LogP contribution is -2.28. The number of methoxy groups -OCH3 is 1. The molecule has 0 saturated heterocycles. The minimum atomic E-state index is -0.126. The summed E-state index contributed by atoms with van der Waals surface area (Å²) in [5.74, 6) is 1.45. The molecule has 0 bridgehead atoms. The van der Waals surface area contributed by atoms with Crippen LogP contribution in [-0.2, 0) is 0 Å². The van der Waals surface area contributed by atoms with Gasteiger partial charge in [0, 0.05) is 11.1 Å². The molecule has 2 aromatic carbocycles. The first-order valence-corrected chi connectivity index (χ1v) is 9.04. The molecule has 140 valence electrons. The molecular weight excluding hydrogens is 340 g/mol. The van der Waals surface area contributed by atoms with E-state index in [4.69, 9.17) is 9.47 Å². The Kier molecular flexibility index (Phi) is 5.91. The average Bonchev–Trinajstić information content (AvgIpc) is 2.70. The first-order chi connectivity index (χ1) is 13.1. The van der Waals surface area contributed by atoms with Crippen LogP contribution in [0.15, 0.2) is 54.6 Å². The fourth-order valence-electron chi connectivity index (χ4n) is 2.84. The lowest BCUT2D eigenvalue weighted by atomic mass is 10.0. The number of nitrogens with zero attached hydrogens (tertiary/aromatic N) is 1. The van der Waals surface area contributed by atoms with Crippen LogP contribution < -0.4 is 14.8 Å². The maximum atomic E-state index is 12.7. The van der Waals surface area contributed by atoms with Gasteiger partial charge in [-0.05, 0) is 30.2 Å². The number of carbonyl (C=O) groups is 1. The first-order valence-electron chi connectivity index (χ1n) is 9.04. The van der Waals surface area contributed by atoms with E-state index in [2.05, 4.69) is 24.1 Å². The topological polar surface area (TPSA) is 60.5 Å². The molecule has 3 rings (SSSR count). The number of carbonyl (C=O) groups excluding carboxylic acids is 1. The highest BCUT2D eigenvalue weighted by atomic mass is 16.5. The molecule has 0 radical (unpaired) electrons. The number of hydrogen-bond acceptors (Lipinski definition) is 4. The second-order valence-corrected chi connectivity index (χ2v) is 6.52. The third kappa shape index (κ3) is 4.37. The largest absolute Gasteiger partial charge is 0.493 e. The molecule has 0 spiro atoms. The monoisotopic (exact) mass is 364 g/mol. The molecule has 3 aromatic rings. The molecule has 5 heteroatoms. The van der Waals surface area contributed by atoms with E-state index in [-0.39, 0.29) is 11.8 Å². The van der Waals surface area contributed by atoms with Gasteiger partial charge in [-0.3, -0.25) is 9.78 Å². The average molecular weight is 364 g/mol. The van der Waals surface area contributed by atoms with Crippen molar-refractivity contribution in [2.75, 3.05) is 20.3 Å². The van der Waals surface area contributed by atoms with Gasteiger partial charge in [0.15, 0.2) is 11.5 Å². The fraction of sp³-hybridized carbons (Fsp3) is 0.273. The summed E-state index contributed by atoms with van der Waals surface area (Å²) in [5.41, 5.74) is 2.38. The van der Waals surface area contributed by atoms with Gasteiger partial charge in [0.2, 0.25) is 0 Å². The number of pyridine rings is 1. The molecule has 1 aromatic heterocycles. The van der Waals surface area contributed by atoms with Crippen molar-refractivity contribution in [2.45, 2.75) is 19.8 Å². The normalized spacial score (nSPS) is 10.8. The van der Waals surface area contributed by atoms with Gasteiger partial charge in [0.25, 0.3) is 5.91 Å². The standard InChI is InChI=1S/C22H24N2O3/c1-15(2)19-14-17(16-8-4-5-9-18(16)24-19)22(25)23-12-13-27-21-11-7-6-10-20(21)26-3/h4-11,14-15H,12-13H2,1-3H3,(H,23,25). The number of ether oxygens (including phenoxy) is 2. The maximum absolute atomic E-state index is 12.7. The quantitative estimate of drug-likeness (QED) is 0.639. The molecule has 0 atom stereocenters. The SMILES string of the molecule is COc1ccccc1OCCNC(=O)c1cc(C(C)C)nc2ccccc12. The van der Waals surface area contributed by atoms with E-state index in [0.717, 1.165) is 16.6 Å². The van der Waals surface area contributed by atoms with Crippen molar-refractivity contribution in [3.8, 4) is 11.5 Å². The Morgan fingerprint density at radius 3 is 2.52 bits per heavy atom. The number of nitrogens with one attached hydrogen (secondary N) is 1. The summed E-state index contributed by atoms with van der Waals surface area (Å²) >= 11 is 0. The molecule has 0 saturated carbocycles. The number of amides is 1. The predicted octanol–water partition coefficient (Wildman–Crippen LogP) is 4.18. The Balaban J connectivity index is 1.69. The third-order valence-electron chi connectivity index (χ3n) is 4.29. The smallest absolute Gasteiger partial charge is 0.252 e. The maximum Gasteiger partial charge on any atom is 0.252 e. The highest BCUT2D eigenvalue weighted by Crippen LogP contribution is 2.25. The van der Waals surface area contributed by atoms with Crippen LogP contribution in [0.3, 0.4) is 0 Å². The summed E-state index contributed by atoms with van der Waals surface area (Å²) in [5, 5.41) is 3.78. The van der Waals surface area contributed by atoms with Crippen LogP contribution >= 0.6 is 0 Å². The summed E-state index contributed by atoms with van der Waals surface area (Å²) in [6.07, 6.45) is 0. The van der Waals surface area contributed by atoms with Crippen molar-refractivity contribution in [1.29, 1.82) is 0 Å². The van der Waals surface area contributed by atoms with Gasteiger partial charge in [-0.1, -0.05) is 44.2 Å². The van der Waals surface area contributed by atoms with Crippen molar-refractivity contribution < 1.29 is 14.3 Å². The van der Waals surface area contributed by atoms with Crippen LogP contribution in [-0.4, -0.2) is 31.2 Å². The fourth-order valence-corrected chi connectivity index (χ4v) is 2.84. The Hall–Kier alpha value is -3.08. The Labute approximate surface area is 159 Å². The zero-order valence-corrected chi connectivity index (χ0v) is 15.9. The molecule has 0 aliphatic carbocycles. The van der Waals surface area contributed by atoms with Gasteiger partial charge in [-0.25, -0.2) is 0 Å². The minimum Gasteiger partial charge on any atom is -0.493 e. The van der Waals surface area contributed by atoms with Gasteiger partial charge >= 0.3 is 0 Å². The van der Waals surface area contributed by atoms with E-state index in [1.807, 2.05) is 54.6 Å². The second kappa shape index (κ2) is 8.54. The highest BCUT2D eigenvalue weighted by molar-refractivity contribution is 6.06.